The maximum Gasteiger partial charge on any atom is 0.339 e. The Kier molecular flexibility index (Phi) is 8.66. The average molecular weight is 521 g/mol. The number of hydrogen-bond acceptors (Lipinski definition) is 8. The molecule has 3 aromatic carbocycles. The molecule has 0 unspecified atom stereocenters. The molecule has 0 aliphatic carbocycles. The van der Waals surface area contributed by atoms with Crippen molar-refractivity contribution in [1.82, 2.24) is 0 Å². The first-order valence-corrected chi connectivity index (χ1v) is 12.5. The van der Waals surface area contributed by atoms with Gasteiger partial charge < -0.3 is 19.0 Å². The number of nitriles is 1. The molecule has 0 aromatic heterocycles. The number of methoxy groups -OCH3 is 1. The summed E-state index contributed by atoms with van der Waals surface area (Å²) in [6.45, 7) is 3.78. The van der Waals surface area contributed by atoms with Crippen LogP contribution in [0.4, 0.5) is 5.69 Å². The highest BCUT2D eigenvalue weighted by Crippen LogP contribution is 2.31. The Morgan fingerprint density at radius 3 is 2.27 bits per heavy atom. The van der Waals surface area contributed by atoms with Crippen LogP contribution in [0.25, 0.3) is 6.08 Å². The first kappa shape index (κ1) is 27.0. The molecular weight excluding hydrogens is 496 g/mol. The normalized spacial score (nSPS) is 11.2. The molecule has 10 heteroatoms. The number of anilines is 1. The van der Waals surface area contributed by atoms with E-state index in [4.69, 9.17) is 13.7 Å². The van der Waals surface area contributed by atoms with Crippen molar-refractivity contribution in [2.24, 2.45) is 0 Å². The van der Waals surface area contributed by atoms with Crippen molar-refractivity contribution >= 4 is 33.8 Å². The molecule has 37 heavy (non-hydrogen) atoms. The van der Waals surface area contributed by atoms with Gasteiger partial charge in [-0.05, 0) is 74.0 Å². The van der Waals surface area contributed by atoms with E-state index in [9.17, 15) is 23.3 Å². The topological polar surface area (TPSA) is 132 Å². The maximum absolute atomic E-state index is 12.6. The van der Waals surface area contributed by atoms with Crippen molar-refractivity contribution in [2.75, 3.05) is 19.0 Å². The summed E-state index contributed by atoms with van der Waals surface area (Å²) in [6, 6.07) is 18.4. The molecule has 0 fully saturated rings. The molecule has 0 saturated carbocycles. The molecule has 9 nitrogen and oxygen atoms in total. The lowest BCUT2D eigenvalue weighted by molar-refractivity contribution is -0.112. The molecule has 0 aliphatic rings. The van der Waals surface area contributed by atoms with Crippen LogP contribution in [0.1, 0.15) is 28.4 Å². The molecular formula is C27H24N2O7S. The third kappa shape index (κ3) is 6.96. The summed E-state index contributed by atoms with van der Waals surface area (Å²) in [7, 11) is -2.76. The number of ether oxygens (including phenoxy) is 2. The van der Waals surface area contributed by atoms with Crippen molar-refractivity contribution in [3.05, 3.63) is 89.0 Å². The first-order chi connectivity index (χ1) is 17.7. The third-order valence-electron chi connectivity index (χ3n) is 5.03. The Hall–Kier alpha value is -4.62. The van der Waals surface area contributed by atoms with Gasteiger partial charge in [-0.3, -0.25) is 4.79 Å². The van der Waals surface area contributed by atoms with Crippen LogP contribution in [-0.4, -0.2) is 34.0 Å². The summed E-state index contributed by atoms with van der Waals surface area (Å²) in [5, 5.41) is 12.1. The molecule has 0 atom stereocenters. The lowest BCUT2D eigenvalue weighted by Gasteiger charge is -2.12. The number of amides is 1. The zero-order valence-corrected chi connectivity index (χ0v) is 21.2. The number of benzene rings is 3. The molecule has 1 N–H and O–H groups in total. The minimum Gasteiger partial charge on any atom is -0.493 e. The van der Waals surface area contributed by atoms with E-state index in [1.165, 1.54) is 67.8 Å². The monoisotopic (exact) mass is 520 g/mol. The Morgan fingerprint density at radius 1 is 1.00 bits per heavy atom. The zero-order valence-electron chi connectivity index (χ0n) is 20.3. The molecule has 0 spiro atoms. The predicted octanol–water partition coefficient (Wildman–Crippen LogP) is 4.49. The number of esters is 1. The molecule has 0 heterocycles. The number of rotatable bonds is 9. The number of hydrogen-bond donors (Lipinski definition) is 1. The number of carbonyl (C=O) groups excluding carboxylic acids is 2. The molecule has 3 aromatic rings. The summed E-state index contributed by atoms with van der Waals surface area (Å²) in [5.41, 5.74) is 1.80. The highest BCUT2D eigenvalue weighted by Gasteiger charge is 2.19. The molecule has 190 valence electrons. The van der Waals surface area contributed by atoms with Gasteiger partial charge in [-0.2, -0.15) is 13.7 Å². The quantitative estimate of drug-likeness (QED) is 0.189. The summed E-state index contributed by atoms with van der Waals surface area (Å²) in [6.07, 6.45) is 1.32. The summed E-state index contributed by atoms with van der Waals surface area (Å²) >= 11 is 0. The first-order valence-electron chi connectivity index (χ1n) is 11.1. The van der Waals surface area contributed by atoms with Crippen LogP contribution in [-0.2, 0) is 19.6 Å². The number of nitrogens with zero attached hydrogens (tertiary/aromatic N) is 1. The second kappa shape index (κ2) is 11.9. The fourth-order valence-corrected chi connectivity index (χ4v) is 4.07. The lowest BCUT2D eigenvalue weighted by atomic mass is 10.1. The van der Waals surface area contributed by atoms with E-state index in [-0.39, 0.29) is 28.6 Å². The van der Waals surface area contributed by atoms with Crippen LogP contribution in [0.3, 0.4) is 0 Å². The summed E-state index contributed by atoms with van der Waals surface area (Å²) < 4.78 is 40.7. The van der Waals surface area contributed by atoms with Crippen LogP contribution in [0.2, 0.25) is 0 Å². The van der Waals surface area contributed by atoms with E-state index >= 15 is 0 Å². The van der Waals surface area contributed by atoms with Crippen LogP contribution in [0.15, 0.2) is 77.2 Å². The van der Waals surface area contributed by atoms with E-state index < -0.39 is 22.0 Å². The third-order valence-corrected chi connectivity index (χ3v) is 6.28. The van der Waals surface area contributed by atoms with Crippen LogP contribution in [0.5, 0.6) is 11.5 Å². The van der Waals surface area contributed by atoms with Gasteiger partial charge in [0.05, 0.1) is 19.3 Å². The highest BCUT2D eigenvalue weighted by atomic mass is 32.2. The molecule has 0 saturated heterocycles. The Bertz CT molecular complexity index is 1470. The van der Waals surface area contributed by atoms with E-state index in [1.807, 2.05) is 13.0 Å². The fourth-order valence-electron chi connectivity index (χ4n) is 3.13. The standard InChI is InChI=1S/C27H24N2O7S/c1-4-35-27(31)20-8-10-22(11-9-20)29-26(30)21(17-28)15-19-7-14-24(25(16-19)34-3)36-37(32,33)23-12-5-18(2)6-13-23/h5-16H,4H2,1-3H3,(H,29,30)/b21-15+. The predicted molar refractivity (Wildman–Crippen MR) is 137 cm³/mol. The van der Waals surface area contributed by atoms with Gasteiger partial charge >= 0.3 is 16.1 Å². The van der Waals surface area contributed by atoms with Crippen molar-refractivity contribution < 1.29 is 31.7 Å². The highest BCUT2D eigenvalue weighted by molar-refractivity contribution is 7.87. The van der Waals surface area contributed by atoms with Crippen LogP contribution >= 0.6 is 0 Å². The largest absolute Gasteiger partial charge is 0.493 e. The Morgan fingerprint density at radius 2 is 1.68 bits per heavy atom. The SMILES string of the molecule is CCOC(=O)c1ccc(NC(=O)/C(C#N)=C/c2ccc(OS(=O)(=O)c3ccc(C)cc3)c(OC)c2)cc1. The van der Waals surface area contributed by atoms with Crippen LogP contribution in [0, 0.1) is 18.3 Å². The van der Waals surface area contributed by atoms with E-state index in [2.05, 4.69) is 5.32 Å². The van der Waals surface area contributed by atoms with Gasteiger partial charge in [0.25, 0.3) is 5.91 Å². The molecule has 3 rings (SSSR count). The second-order valence-corrected chi connectivity index (χ2v) is 9.23. The minimum atomic E-state index is -4.10. The summed E-state index contributed by atoms with van der Waals surface area (Å²) in [4.78, 5) is 24.4. The van der Waals surface area contributed by atoms with Crippen molar-refractivity contribution in [1.29, 1.82) is 5.26 Å². The molecule has 1 amide bonds. The van der Waals surface area contributed by atoms with Gasteiger partial charge in [-0.15, -0.1) is 0 Å². The van der Waals surface area contributed by atoms with Gasteiger partial charge in [0.2, 0.25) is 0 Å². The van der Waals surface area contributed by atoms with E-state index in [0.717, 1.165) is 5.56 Å². The van der Waals surface area contributed by atoms with Crippen LogP contribution < -0.4 is 14.2 Å². The number of aryl methyl sites for hydroxylation is 1. The minimum absolute atomic E-state index is 0.0112. The molecule has 0 bridgehead atoms. The van der Waals surface area contributed by atoms with Gasteiger partial charge in [0, 0.05) is 5.69 Å². The van der Waals surface area contributed by atoms with Gasteiger partial charge in [0.15, 0.2) is 11.5 Å². The smallest absolute Gasteiger partial charge is 0.339 e. The molecule has 0 radical (unpaired) electrons. The van der Waals surface area contributed by atoms with Crippen molar-refractivity contribution in [3.63, 3.8) is 0 Å². The number of nitrogens with one attached hydrogen (secondary N) is 1. The zero-order chi connectivity index (χ0) is 27.0. The Balaban J connectivity index is 1.78. The van der Waals surface area contributed by atoms with Gasteiger partial charge in [-0.1, -0.05) is 23.8 Å². The second-order valence-electron chi connectivity index (χ2n) is 7.68. The average Bonchev–Trinajstić information content (AvgIpc) is 2.88. The van der Waals surface area contributed by atoms with Crippen molar-refractivity contribution in [2.45, 2.75) is 18.7 Å². The molecule has 0 aliphatic heterocycles. The van der Waals surface area contributed by atoms with Gasteiger partial charge in [0.1, 0.15) is 16.5 Å². The maximum atomic E-state index is 12.6. The van der Waals surface area contributed by atoms with E-state index in [1.54, 1.807) is 19.1 Å². The van der Waals surface area contributed by atoms with Crippen molar-refractivity contribution in [3.8, 4) is 17.6 Å². The van der Waals surface area contributed by atoms with Gasteiger partial charge in [-0.25, -0.2) is 4.79 Å². The Labute approximate surface area is 215 Å². The lowest BCUT2D eigenvalue weighted by Crippen LogP contribution is -2.13. The fraction of sp³-hybridized carbons (Fsp3) is 0.148. The number of carbonyl (C=O) groups is 2. The van der Waals surface area contributed by atoms with E-state index in [0.29, 0.717) is 16.8 Å². The summed E-state index contributed by atoms with van der Waals surface area (Å²) in [5.74, 6) is -1.11.